The highest BCUT2D eigenvalue weighted by Gasteiger charge is 2.56. The lowest BCUT2D eigenvalue weighted by molar-refractivity contribution is -0.205. The molecule has 2 saturated heterocycles. The van der Waals surface area contributed by atoms with Crippen molar-refractivity contribution in [3.63, 3.8) is 0 Å². The van der Waals surface area contributed by atoms with Crippen molar-refractivity contribution in [3.05, 3.63) is 0 Å². The molecule has 0 unspecified atom stereocenters. The first-order chi connectivity index (χ1) is 38.6. The summed E-state index contributed by atoms with van der Waals surface area (Å²) >= 11 is 5.75. The van der Waals surface area contributed by atoms with Crippen LogP contribution in [0.3, 0.4) is 0 Å². The molecule has 82 heavy (non-hydrogen) atoms. The van der Waals surface area contributed by atoms with Gasteiger partial charge in [-0.1, -0.05) is 94.8 Å². The molecule has 12 N–H and O–H groups in total. The largest absolute Gasteiger partial charge is 0.478 e. The molecule has 2 amide bonds. The van der Waals surface area contributed by atoms with Gasteiger partial charge in [0.2, 0.25) is 21.7 Å². The van der Waals surface area contributed by atoms with Gasteiger partial charge in [0.15, 0.2) is 0 Å². The molecule has 0 spiro atoms. The summed E-state index contributed by atoms with van der Waals surface area (Å²) in [6.45, 7) is 18.7. The van der Waals surface area contributed by atoms with Gasteiger partial charge in [0.05, 0.1) is 45.6 Å². The number of carbonyl (C=O) groups excluding carboxylic acids is 2. The molecule has 2 fully saturated rings. The topological polar surface area (TPSA) is 332 Å². The summed E-state index contributed by atoms with van der Waals surface area (Å²) in [7, 11) is -3.96. The van der Waals surface area contributed by atoms with Gasteiger partial charge < -0.3 is 80.6 Å². The Balaban J connectivity index is 1.77. The Labute approximate surface area is 509 Å². The third-order valence-corrected chi connectivity index (χ3v) is 29.5. The average molecular weight is 1300 g/mol. The number of hydrogen-bond acceptors (Lipinski definition) is 20. The summed E-state index contributed by atoms with van der Waals surface area (Å²) in [4.78, 5) is 44.9. The van der Waals surface area contributed by atoms with E-state index in [0.717, 1.165) is 111 Å². The number of nitrogens with one attached hydrogen (secondary N) is 2. The summed E-state index contributed by atoms with van der Waals surface area (Å²) in [5, 5.41) is 108. The number of thioether (sulfide) groups is 4. The number of ether oxygens (including phenoxy) is 4. The number of unbranched alkanes of at least 4 members (excludes halogenated alkanes) is 3. The summed E-state index contributed by atoms with van der Waals surface area (Å²) in [6.07, 6.45) is -2.36. The number of aliphatic carboxylic acids is 2. The fraction of sp³-hybridized carbons (Fsp3) is 0.927. The Morgan fingerprint density at radius 3 is 1.20 bits per heavy atom. The highest BCUT2D eigenvalue weighted by atomic mass is 32.2. The Bertz CT molecular complexity index is 1800. The maximum atomic E-state index is 12.5. The van der Waals surface area contributed by atoms with Crippen molar-refractivity contribution in [2.24, 2.45) is 0 Å². The highest BCUT2D eigenvalue weighted by Crippen LogP contribution is 2.43. The van der Waals surface area contributed by atoms with Crippen LogP contribution in [0, 0.1) is 0 Å². The lowest BCUT2D eigenvalue weighted by atomic mass is 9.90. The van der Waals surface area contributed by atoms with Gasteiger partial charge in [-0.15, -0.1) is 23.5 Å². The smallest absolute Gasteiger partial charge is 0.346 e. The lowest BCUT2D eigenvalue weighted by Crippen LogP contribution is -2.66. The zero-order valence-corrected chi connectivity index (χ0v) is 56.8. The highest BCUT2D eigenvalue weighted by molar-refractivity contribution is 8.01. The van der Waals surface area contributed by atoms with Crippen LogP contribution in [0.2, 0.25) is 75.5 Å². The number of carboxylic acid groups (broad SMARTS) is 2. The summed E-state index contributed by atoms with van der Waals surface area (Å²) < 4.78 is 24.2. The van der Waals surface area contributed by atoms with E-state index in [1.54, 1.807) is 0 Å². The lowest BCUT2D eigenvalue weighted by Gasteiger charge is -2.46. The maximum absolute atomic E-state index is 12.5. The molecule has 0 saturated carbocycles. The van der Waals surface area contributed by atoms with Crippen LogP contribution in [-0.2, 0) is 38.1 Å². The second-order valence-corrected chi connectivity index (χ2v) is 46.3. The van der Waals surface area contributed by atoms with Gasteiger partial charge in [-0.2, -0.15) is 23.5 Å². The fourth-order valence-corrected chi connectivity index (χ4v) is 23.3. The van der Waals surface area contributed by atoms with Crippen LogP contribution in [0.15, 0.2) is 0 Å². The van der Waals surface area contributed by atoms with E-state index in [1.807, 2.05) is 23.5 Å². The molecule has 20 nitrogen and oxygen atoms in total. The monoisotopic (exact) mass is 1300 g/mol. The van der Waals surface area contributed by atoms with Crippen molar-refractivity contribution in [1.82, 2.24) is 10.6 Å². The molecule has 2 aliphatic rings. The molecule has 0 radical (unpaired) electrons. The van der Waals surface area contributed by atoms with Gasteiger partial charge >= 0.3 is 11.9 Å². The SMILES string of the molecule is CC(=O)N[C@H]1[C@H]([C@@H](O)[C@H](O)CO)O[C@](SCCCCCSCCCOCCC[Si](CCCOCCCSCCCCS[C@]2(C(=O)O)C[C@H](O)[C@@H](NC(C)=O)[C@H]([C@H](O)[C@@H](O)CO)O2)(CCC[Si](C)(C)C)CCC[Si](C)(C)C)(C(=O)O)C[C@@H]1O. The van der Waals surface area contributed by atoms with E-state index in [4.69, 9.17) is 18.9 Å². The molecular weight excluding hydrogens is 1190 g/mol. The second kappa shape index (κ2) is 40.2. The number of amides is 2. The zero-order valence-electron chi connectivity index (χ0n) is 50.6. The minimum absolute atomic E-state index is 0.332. The predicted molar refractivity (Wildman–Crippen MR) is 338 cm³/mol. The Kier molecular flexibility index (Phi) is 38.0. The van der Waals surface area contributed by atoms with E-state index in [-0.39, 0.29) is 12.8 Å². The maximum Gasteiger partial charge on any atom is 0.346 e. The van der Waals surface area contributed by atoms with E-state index in [2.05, 4.69) is 49.9 Å². The van der Waals surface area contributed by atoms with Gasteiger partial charge in [0.25, 0.3) is 0 Å². The summed E-state index contributed by atoms with van der Waals surface area (Å²) in [5.74, 6) is 0.922. The van der Waals surface area contributed by atoms with Crippen LogP contribution in [0.4, 0.5) is 0 Å². The van der Waals surface area contributed by atoms with Gasteiger partial charge in [-0.05, 0) is 85.9 Å². The van der Waals surface area contributed by atoms with Gasteiger partial charge in [-0.3, -0.25) is 9.59 Å². The average Bonchev–Trinajstić information content (AvgIpc) is 3.37. The molecule has 2 rings (SSSR count). The molecule has 0 aromatic rings. The number of aliphatic hydroxyl groups excluding tert-OH is 8. The molecule has 27 heteroatoms. The van der Waals surface area contributed by atoms with Crippen molar-refractivity contribution in [2.75, 3.05) is 74.2 Å². The van der Waals surface area contributed by atoms with Crippen molar-refractivity contribution >= 4 is 95.0 Å². The fourth-order valence-electron chi connectivity index (χ4n) is 10.6. The number of aliphatic hydroxyl groups is 8. The van der Waals surface area contributed by atoms with Gasteiger partial charge in [-0.25, -0.2) is 9.59 Å². The number of carbonyl (C=O) groups is 4. The minimum atomic E-state index is -1.91. The van der Waals surface area contributed by atoms with Crippen molar-refractivity contribution in [3.8, 4) is 0 Å². The summed E-state index contributed by atoms with van der Waals surface area (Å²) in [6, 6.07) is 5.73. The Hall–Kier alpha value is -0.549. The van der Waals surface area contributed by atoms with Gasteiger partial charge in [0, 0.05) is 69.3 Å². The van der Waals surface area contributed by atoms with Crippen molar-refractivity contribution in [1.29, 1.82) is 0 Å². The molecule has 0 aliphatic carbocycles. The van der Waals surface area contributed by atoms with E-state index >= 15 is 0 Å². The Morgan fingerprint density at radius 2 is 0.841 bits per heavy atom. The molecule has 2 aliphatic heterocycles. The Morgan fingerprint density at radius 1 is 0.512 bits per heavy atom. The van der Waals surface area contributed by atoms with Crippen LogP contribution in [-0.4, -0.2) is 244 Å². The first-order valence-electron chi connectivity index (χ1n) is 29.8. The van der Waals surface area contributed by atoms with E-state index in [0.29, 0.717) is 31.0 Å². The number of carboxylic acids is 2. The predicted octanol–water partition coefficient (Wildman–Crippen LogP) is 5.67. The molecule has 0 aromatic heterocycles. The van der Waals surface area contributed by atoms with E-state index in [1.165, 1.54) is 63.0 Å². The molecule has 0 bridgehead atoms. The quantitative estimate of drug-likeness (QED) is 0.0258. The molecule has 2 heterocycles. The van der Waals surface area contributed by atoms with Crippen LogP contribution >= 0.6 is 47.0 Å². The molecule has 0 aromatic carbocycles. The van der Waals surface area contributed by atoms with Gasteiger partial charge in [0.1, 0.15) is 36.6 Å². The first-order valence-corrected chi connectivity index (χ1v) is 44.3. The second-order valence-electron chi connectivity index (χ2n) is 24.9. The van der Waals surface area contributed by atoms with Crippen LogP contribution in [0.5, 0.6) is 0 Å². The molecule has 12 atom stereocenters. The van der Waals surface area contributed by atoms with Crippen molar-refractivity contribution < 1.29 is 89.2 Å². The minimum Gasteiger partial charge on any atom is -0.478 e. The first kappa shape index (κ1) is 77.5. The molecular formula is C55H108N2O18S4Si3. The number of rotatable bonds is 47. The van der Waals surface area contributed by atoms with E-state index < -0.39 is 132 Å². The van der Waals surface area contributed by atoms with Crippen molar-refractivity contribution in [2.45, 2.75) is 244 Å². The van der Waals surface area contributed by atoms with Crippen LogP contribution in [0.25, 0.3) is 0 Å². The standard InChI is InChI=1S/C55H108N2O18S4Si3/c1-40(60)56-46-42(62)36-54(52(68)69,74-50(46)48(66)44(64)38-58)78-28-11-9-10-24-76-26-14-20-72-22-16-32-82(34-18-30-80(3,4)5,35-19-31-81(6,7)8)33-17-23-73-21-15-27-77-25-12-13-29-79-55(53(70)71)37-43(63)47(57-41(2)61)51(75-55)49(67)45(65)39-59/h42-51,58-59,62-67H,9-39H2,1-8H3,(H,56,60)(H,57,61)(H,68,69)(H,70,71)/t42-,43-,44+,45-,46+,47+,48-,49+,50+,51+,54+,55-/m0/s1. The van der Waals surface area contributed by atoms with Crippen LogP contribution < -0.4 is 10.6 Å². The third kappa shape index (κ3) is 29.6. The zero-order chi connectivity index (χ0) is 61.6. The molecule has 482 valence electrons. The number of hydrogen-bond donors (Lipinski definition) is 12. The van der Waals surface area contributed by atoms with E-state index in [9.17, 15) is 70.2 Å². The normalized spacial score (nSPS) is 25.1. The third-order valence-electron chi connectivity index (χ3n) is 15.1. The van der Waals surface area contributed by atoms with Crippen LogP contribution in [0.1, 0.15) is 97.3 Å². The summed E-state index contributed by atoms with van der Waals surface area (Å²) in [5.41, 5.74) is 0.